The number of piperazine rings is 1. The Morgan fingerprint density at radius 2 is 1.89 bits per heavy atom. The standard InChI is InChI=1S/C20H28N4O3S/c25-17(23-12-10-22(11-13-23)15-16-5-4-14-28-16)6-3-9-24-18(26)20(21-19(24)27)7-1-2-8-20/h4-5,14H,1-3,6-13,15H2,(H,21,27). The van der Waals surface area contributed by atoms with Crippen LogP contribution in [0.4, 0.5) is 4.79 Å². The van der Waals surface area contributed by atoms with Crippen molar-refractivity contribution in [2.24, 2.45) is 0 Å². The fourth-order valence-corrected chi connectivity index (χ4v) is 5.27. The molecule has 3 aliphatic rings. The Bertz CT molecular complexity index is 722. The van der Waals surface area contributed by atoms with Gasteiger partial charge in [-0.1, -0.05) is 18.9 Å². The Hall–Kier alpha value is -1.93. The molecule has 1 N–H and O–H groups in total. The van der Waals surface area contributed by atoms with Crippen molar-refractivity contribution in [2.75, 3.05) is 32.7 Å². The number of carbonyl (C=O) groups excluding carboxylic acids is 3. The summed E-state index contributed by atoms with van der Waals surface area (Å²) in [5.74, 6) is 0.0306. The number of amides is 4. The maximum absolute atomic E-state index is 12.6. The number of rotatable bonds is 6. The van der Waals surface area contributed by atoms with E-state index in [1.165, 1.54) is 9.78 Å². The largest absolute Gasteiger partial charge is 0.340 e. The molecule has 0 bridgehead atoms. The number of hydrogen-bond acceptors (Lipinski definition) is 5. The molecule has 0 radical (unpaired) electrons. The summed E-state index contributed by atoms with van der Waals surface area (Å²) in [5.41, 5.74) is -0.653. The van der Waals surface area contributed by atoms with E-state index >= 15 is 0 Å². The van der Waals surface area contributed by atoms with Crippen molar-refractivity contribution in [3.63, 3.8) is 0 Å². The Labute approximate surface area is 169 Å². The molecule has 3 fully saturated rings. The first kappa shape index (κ1) is 19.4. The number of thiophene rings is 1. The first-order valence-electron chi connectivity index (χ1n) is 10.2. The lowest BCUT2D eigenvalue weighted by molar-refractivity contribution is -0.134. The van der Waals surface area contributed by atoms with Gasteiger partial charge in [-0.25, -0.2) is 4.79 Å². The summed E-state index contributed by atoms with van der Waals surface area (Å²) < 4.78 is 0. The van der Waals surface area contributed by atoms with Crippen molar-refractivity contribution in [3.8, 4) is 0 Å². The minimum Gasteiger partial charge on any atom is -0.340 e. The van der Waals surface area contributed by atoms with Crippen LogP contribution in [0.2, 0.25) is 0 Å². The highest BCUT2D eigenvalue weighted by Gasteiger charge is 2.52. The van der Waals surface area contributed by atoms with Gasteiger partial charge in [-0.2, -0.15) is 0 Å². The zero-order chi connectivity index (χ0) is 19.6. The maximum atomic E-state index is 12.6. The average Bonchev–Trinajstić information content (AvgIpc) is 3.41. The summed E-state index contributed by atoms with van der Waals surface area (Å²) in [7, 11) is 0. The van der Waals surface area contributed by atoms with Gasteiger partial charge >= 0.3 is 6.03 Å². The smallest absolute Gasteiger partial charge is 0.325 e. The molecular formula is C20H28N4O3S. The van der Waals surface area contributed by atoms with Crippen LogP contribution in [0.15, 0.2) is 17.5 Å². The van der Waals surface area contributed by atoms with Gasteiger partial charge in [0.1, 0.15) is 5.54 Å². The first-order chi connectivity index (χ1) is 13.6. The number of imide groups is 1. The minimum absolute atomic E-state index is 0.0929. The molecule has 1 aromatic heterocycles. The Morgan fingerprint density at radius 1 is 1.14 bits per heavy atom. The number of urea groups is 1. The van der Waals surface area contributed by atoms with E-state index in [1.807, 2.05) is 4.90 Å². The topological polar surface area (TPSA) is 73.0 Å². The van der Waals surface area contributed by atoms with Crippen molar-refractivity contribution in [2.45, 2.75) is 50.6 Å². The highest BCUT2D eigenvalue weighted by atomic mass is 32.1. The second-order valence-electron chi connectivity index (χ2n) is 8.02. The van der Waals surface area contributed by atoms with Crippen molar-refractivity contribution >= 4 is 29.2 Å². The molecule has 1 saturated carbocycles. The lowest BCUT2D eigenvalue weighted by atomic mass is 9.98. The molecule has 2 aliphatic heterocycles. The third-order valence-electron chi connectivity index (χ3n) is 6.16. The number of nitrogens with zero attached hydrogens (tertiary/aromatic N) is 3. The van der Waals surface area contributed by atoms with Gasteiger partial charge in [0.05, 0.1) is 0 Å². The van der Waals surface area contributed by atoms with E-state index in [0.717, 1.165) is 58.4 Å². The molecule has 1 aromatic rings. The highest BCUT2D eigenvalue weighted by Crippen LogP contribution is 2.35. The fraction of sp³-hybridized carbons (Fsp3) is 0.650. The van der Waals surface area contributed by atoms with E-state index in [-0.39, 0.29) is 17.8 Å². The quantitative estimate of drug-likeness (QED) is 0.737. The highest BCUT2D eigenvalue weighted by molar-refractivity contribution is 7.09. The summed E-state index contributed by atoms with van der Waals surface area (Å²) in [6, 6.07) is 3.93. The van der Waals surface area contributed by atoms with Crippen LogP contribution in [-0.4, -0.2) is 70.8 Å². The van der Waals surface area contributed by atoms with Gasteiger partial charge in [0.15, 0.2) is 0 Å². The van der Waals surface area contributed by atoms with E-state index in [4.69, 9.17) is 0 Å². The van der Waals surface area contributed by atoms with Crippen LogP contribution in [0.3, 0.4) is 0 Å². The van der Waals surface area contributed by atoms with Crippen molar-refractivity contribution in [1.29, 1.82) is 0 Å². The predicted molar refractivity (Wildman–Crippen MR) is 107 cm³/mol. The molecule has 2 saturated heterocycles. The van der Waals surface area contributed by atoms with Crippen LogP contribution in [-0.2, 0) is 16.1 Å². The normalized spacial score (nSPS) is 22.3. The second kappa shape index (κ2) is 8.21. The second-order valence-corrected chi connectivity index (χ2v) is 9.05. The first-order valence-corrected chi connectivity index (χ1v) is 11.1. The SMILES string of the molecule is O=C(CCCN1C(=O)NC2(CCCC2)C1=O)N1CCN(Cc2cccs2)CC1. The fourth-order valence-electron chi connectivity index (χ4n) is 4.52. The Kier molecular flexibility index (Phi) is 5.68. The lowest BCUT2D eigenvalue weighted by Gasteiger charge is -2.34. The molecule has 8 heteroatoms. The summed E-state index contributed by atoms with van der Waals surface area (Å²) >= 11 is 1.77. The molecule has 0 atom stereocenters. The van der Waals surface area contributed by atoms with Crippen LogP contribution < -0.4 is 5.32 Å². The van der Waals surface area contributed by atoms with Crippen LogP contribution in [0.5, 0.6) is 0 Å². The summed E-state index contributed by atoms with van der Waals surface area (Å²) in [5, 5.41) is 4.98. The van der Waals surface area contributed by atoms with Gasteiger partial charge in [0.25, 0.3) is 5.91 Å². The predicted octanol–water partition coefficient (Wildman–Crippen LogP) is 2.04. The summed E-state index contributed by atoms with van der Waals surface area (Å²) in [6.07, 6.45) is 4.36. The summed E-state index contributed by atoms with van der Waals surface area (Å²) in [6.45, 7) is 4.55. The van der Waals surface area contributed by atoms with Gasteiger partial charge in [0.2, 0.25) is 5.91 Å². The van der Waals surface area contributed by atoms with Gasteiger partial charge < -0.3 is 10.2 Å². The van der Waals surface area contributed by atoms with Gasteiger partial charge in [-0.05, 0) is 30.7 Å². The number of carbonyl (C=O) groups is 3. The van der Waals surface area contributed by atoms with Crippen LogP contribution >= 0.6 is 11.3 Å². The monoisotopic (exact) mass is 404 g/mol. The molecule has 0 aromatic carbocycles. The Morgan fingerprint density at radius 3 is 2.57 bits per heavy atom. The maximum Gasteiger partial charge on any atom is 0.325 e. The van der Waals surface area contributed by atoms with Gasteiger partial charge in [-0.3, -0.25) is 19.4 Å². The van der Waals surface area contributed by atoms with Gasteiger partial charge in [-0.15, -0.1) is 11.3 Å². The number of nitrogens with one attached hydrogen (secondary N) is 1. The molecule has 1 aliphatic carbocycles. The minimum atomic E-state index is -0.653. The van der Waals surface area contributed by atoms with Crippen LogP contribution in [0.25, 0.3) is 0 Å². The molecule has 1 spiro atoms. The number of hydrogen-bond donors (Lipinski definition) is 1. The third kappa shape index (κ3) is 3.93. The molecule has 3 heterocycles. The lowest BCUT2D eigenvalue weighted by Crippen LogP contribution is -2.48. The van der Waals surface area contributed by atoms with Crippen LogP contribution in [0.1, 0.15) is 43.4 Å². The van der Waals surface area contributed by atoms with E-state index in [0.29, 0.717) is 19.4 Å². The molecular weight excluding hydrogens is 376 g/mol. The molecule has 7 nitrogen and oxygen atoms in total. The molecule has 0 unspecified atom stereocenters. The third-order valence-corrected chi connectivity index (χ3v) is 7.02. The van der Waals surface area contributed by atoms with Crippen molar-refractivity contribution in [3.05, 3.63) is 22.4 Å². The molecule has 152 valence electrons. The van der Waals surface area contributed by atoms with Crippen molar-refractivity contribution in [1.82, 2.24) is 20.0 Å². The van der Waals surface area contributed by atoms with E-state index in [1.54, 1.807) is 11.3 Å². The molecule has 4 rings (SSSR count). The Balaban J connectivity index is 1.19. The van der Waals surface area contributed by atoms with Gasteiger partial charge in [0, 0.05) is 50.6 Å². The average molecular weight is 405 g/mol. The molecule has 28 heavy (non-hydrogen) atoms. The molecule has 4 amide bonds. The zero-order valence-electron chi connectivity index (χ0n) is 16.2. The van der Waals surface area contributed by atoms with E-state index < -0.39 is 5.54 Å². The zero-order valence-corrected chi connectivity index (χ0v) is 17.0. The summed E-state index contributed by atoms with van der Waals surface area (Å²) in [4.78, 5) is 44.3. The van der Waals surface area contributed by atoms with Crippen molar-refractivity contribution < 1.29 is 14.4 Å². The van der Waals surface area contributed by atoms with E-state index in [9.17, 15) is 14.4 Å². The van der Waals surface area contributed by atoms with Crippen LogP contribution in [0, 0.1) is 0 Å². The van der Waals surface area contributed by atoms with E-state index in [2.05, 4.69) is 27.7 Å².